The molecular weight excluding hydrogens is 484 g/mol. The Morgan fingerprint density at radius 2 is 1.02 bits per heavy atom. The minimum Gasteiger partial charge on any atom is -0.256 e. The average molecular weight is 515 g/mol. The Hall–Kier alpha value is -4.82. The van der Waals surface area contributed by atoms with Crippen molar-refractivity contribution in [3.8, 4) is 33.6 Å². The summed E-state index contributed by atoms with van der Waals surface area (Å²) < 4.78 is 0. The lowest BCUT2D eigenvalue weighted by atomic mass is 9.78. The van der Waals surface area contributed by atoms with Crippen LogP contribution >= 0.6 is 0 Å². The lowest BCUT2D eigenvalue weighted by Crippen LogP contribution is -2.15. The minimum absolute atomic E-state index is 0.0529. The van der Waals surface area contributed by atoms with Crippen molar-refractivity contribution in [2.45, 2.75) is 25.2 Å². The summed E-state index contributed by atoms with van der Waals surface area (Å²) in [7, 11) is 0. The summed E-state index contributed by atoms with van der Waals surface area (Å²) in [6.45, 7) is 4.69. The van der Waals surface area contributed by atoms with Gasteiger partial charge in [-0.1, -0.05) is 105 Å². The van der Waals surface area contributed by atoms with Gasteiger partial charge in [0, 0.05) is 34.9 Å². The van der Waals surface area contributed by atoms with Gasteiger partial charge >= 0.3 is 0 Å². The molecule has 2 heterocycles. The third kappa shape index (κ3) is 4.13. The number of pyridine rings is 2. The lowest BCUT2D eigenvalue weighted by Gasteiger charge is -2.25. The van der Waals surface area contributed by atoms with Crippen LogP contribution in [0, 0.1) is 0 Å². The van der Waals surface area contributed by atoms with Crippen molar-refractivity contribution in [2.24, 2.45) is 0 Å². The Morgan fingerprint density at radius 3 is 1.62 bits per heavy atom. The van der Waals surface area contributed by atoms with Gasteiger partial charge in [0.1, 0.15) is 0 Å². The normalized spacial score (nSPS) is 13.2. The summed E-state index contributed by atoms with van der Waals surface area (Å²) in [5.41, 5.74) is 13.4. The third-order valence-corrected chi connectivity index (χ3v) is 8.30. The van der Waals surface area contributed by atoms with Gasteiger partial charge in [0.25, 0.3) is 0 Å². The molecule has 7 rings (SSSR count). The van der Waals surface area contributed by atoms with E-state index in [1.807, 2.05) is 36.7 Å². The van der Waals surface area contributed by atoms with Crippen molar-refractivity contribution < 1.29 is 0 Å². The molecule has 0 aliphatic heterocycles. The molecular formula is C38H30N2. The van der Waals surface area contributed by atoms with Crippen molar-refractivity contribution in [2.75, 3.05) is 0 Å². The van der Waals surface area contributed by atoms with Gasteiger partial charge in [-0.05, 0) is 75.3 Å². The molecule has 0 atom stereocenters. The van der Waals surface area contributed by atoms with E-state index in [1.54, 1.807) is 0 Å². The van der Waals surface area contributed by atoms with Crippen LogP contribution < -0.4 is 0 Å². The lowest BCUT2D eigenvalue weighted by molar-refractivity contribution is 0.659. The summed E-state index contributed by atoms with van der Waals surface area (Å²) in [6.07, 6.45) is 3.71. The van der Waals surface area contributed by atoms with E-state index in [4.69, 9.17) is 0 Å². The van der Waals surface area contributed by atoms with Crippen molar-refractivity contribution in [3.05, 3.63) is 168 Å². The van der Waals surface area contributed by atoms with Gasteiger partial charge in [0.2, 0.25) is 0 Å². The number of fused-ring (bicyclic) bond motifs is 3. The molecule has 0 spiro atoms. The van der Waals surface area contributed by atoms with Crippen LogP contribution in [-0.2, 0) is 5.41 Å². The van der Waals surface area contributed by atoms with E-state index < -0.39 is 0 Å². The Labute approximate surface area is 236 Å². The molecule has 1 aliphatic rings. The smallest absolute Gasteiger partial charge is 0.0702 e. The van der Waals surface area contributed by atoms with Gasteiger partial charge in [-0.15, -0.1) is 0 Å². The summed E-state index contributed by atoms with van der Waals surface area (Å²) in [4.78, 5) is 9.26. The van der Waals surface area contributed by atoms with E-state index in [2.05, 4.69) is 127 Å². The highest BCUT2D eigenvalue weighted by Crippen LogP contribution is 2.50. The van der Waals surface area contributed by atoms with Gasteiger partial charge in [-0.2, -0.15) is 0 Å². The first-order valence-electron chi connectivity index (χ1n) is 13.9. The molecule has 0 bridgehead atoms. The molecule has 4 aromatic carbocycles. The molecule has 2 aromatic heterocycles. The molecule has 192 valence electrons. The molecule has 0 radical (unpaired) electrons. The molecule has 1 aliphatic carbocycles. The summed E-state index contributed by atoms with van der Waals surface area (Å²) in [5.74, 6) is 0.0529. The van der Waals surface area contributed by atoms with Crippen LogP contribution in [0.25, 0.3) is 33.6 Å². The standard InChI is InChI=1S/C38H30N2/c1-38(2)33-16-4-3-15-31(33)32-20-19-30(25-34(32)38)37(28-13-9-11-26(23-28)35-17-5-7-21-39-35)29-14-10-12-27(24-29)36-18-6-8-22-40-36/h3-25,37H,1-2H3. The van der Waals surface area contributed by atoms with Crippen LogP contribution in [0.5, 0.6) is 0 Å². The second kappa shape index (κ2) is 9.73. The first-order chi connectivity index (χ1) is 19.6. The zero-order valence-corrected chi connectivity index (χ0v) is 22.8. The Bertz CT molecular complexity index is 1740. The highest BCUT2D eigenvalue weighted by atomic mass is 14.7. The van der Waals surface area contributed by atoms with Crippen molar-refractivity contribution in [3.63, 3.8) is 0 Å². The zero-order chi connectivity index (χ0) is 27.1. The van der Waals surface area contributed by atoms with E-state index in [1.165, 1.54) is 38.9 Å². The van der Waals surface area contributed by atoms with Gasteiger partial charge < -0.3 is 0 Å². The maximum absolute atomic E-state index is 4.63. The van der Waals surface area contributed by atoms with E-state index in [9.17, 15) is 0 Å². The first kappa shape index (κ1) is 24.2. The number of hydrogen-bond donors (Lipinski definition) is 0. The molecule has 0 fully saturated rings. The van der Waals surface area contributed by atoms with Crippen molar-refractivity contribution >= 4 is 0 Å². The molecule has 40 heavy (non-hydrogen) atoms. The number of hydrogen-bond acceptors (Lipinski definition) is 2. The van der Waals surface area contributed by atoms with Crippen molar-refractivity contribution in [1.82, 2.24) is 9.97 Å². The molecule has 0 amide bonds. The highest BCUT2D eigenvalue weighted by Gasteiger charge is 2.35. The van der Waals surface area contributed by atoms with Gasteiger partial charge in [-0.3, -0.25) is 9.97 Å². The molecule has 0 saturated heterocycles. The number of nitrogens with zero attached hydrogens (tertiary/aromatic N) is 2. The predicted octanol–water partition coefficient (Wildman–Crippen LogP) is 9.30. The zero-order valence-electron chi connectivity index (χ0n) is 22.8. The topological polar surface area (TPSA) is 25.8 Å². The van der Waals surface area contributed by atoms with Gasteiger partial charge in [-0.25, -0.2) is 0 Å². The summed E-state index contributed by atoms with van der Waals surface area (Å²) in [6, 6.07) is 45.8. The highest BCUT2D eigenvalue weighted by molar-refractivity contribution is 5.81. The summed E-state index contributed by atoms with van der Waals surface area (Å²) in [5, 5.41) is 0. The molecule has 2 heteroatoms. The molecule has 0 unspecified atom stereocenters. The Kier molecular flexibility index (Phi) is 5.90. The van der Waals surface area contributed by atoms with E-state index in [-0.39, 0.29) is 11.3 Å². The molecule has 0 N–H and O–H groups in total. The largest absolute Gasteiger partial charge is 0.256 e. The average Bonchev–Trinajstić information content (AvgIpc) is 3.25. The molecule has 6 aromatic rings. The summed E-state index contributed by atoms with van der Waals surface area (Å²) >= 11 is 0. The molecule has 0 saturated carbocycles. The van der Waals surface area contributed by atoms with Gasteiger partial charge in [0.05, 0.1) is 11.4 Å². The fourth-order valence-electron chi connectivity index (χ4n) is 6.30. The Balaban J connectivity index is 1.41. The predicted molar refractivity (Wildman–Crippen MR) is 164 cm³/mol. The molecule has 2 nitrogen and oxygen atoms in total. The third-order valence-electron chi connectivity index (χ3n) is 8.30. The number of rotatable bonds is 5. The SMILES string of the molecule is CC1(C)c2ccccc2-c2ccc(C(c3cccc(-c4ccccn4)c3)c3cccc(-c4ccccn4)c3)cc21. The second-order valence-electron chi connectivity index (χ2n) is 11.1. The van der Waals surface area contributed by atoms with Crippen LogP contribution in [0.1, 0.15) is 47.6 Å². The minimum atomic E-state index is -0.0574. The van der Waals surface area contributed by atoms with Crippen molar-refractivity contribution in [1.29, 1.82) is 0 Å². The fraction of sp³-hybridized carbons (Fsp3) is 0.105. The van der Waals surface area contributed by atoms with Gasteiger partial charge in [0.15, 0.2) is 0 Å². The number of benzene rings is 4. The Morgan fingerprint density at radius 1 is 0.475 bits per heavy atom. The van der Waals surface area contributed by atoms with Crippen LogP contribution in [0.4, 0.5) is 0 Å². The van der Waals surface area contributed by atoms with Crippen LogP contribution in [0.15, 0.2) is 140 Å². The van der Waals surface area contributed by atoms with E-state index >= 15 is 0 Å². The maximum atomic E-state index is 4.63. The second-order valence-corrected chi connectivity index (χ2v) is 11.1. The quantitative estimate of drug-likeness (QED) is 0.214. The van der Waals surface area contributed by atoms with E-state index in [0.717, 1.165) is 22.5 Å². The van der Waals surface area contributed by atoms with E-state index in [0.29, 0.717) is 0 Å². The fourth-order valence-corrected chi connectivity index (χ4v) is 6.30. The maximum Gasteiger partial charge on any atom is 0.0702 e. The van der Waals surface area contributed by atoms with Crippen LogP contribution in [0.3, 0.4) is 0 Å². The number of aromatic nitrogens is 2. The van der Waals surface area contributed by atoms with Crippen LogP contribution in [-0.4, -0.2) is 9.97 Å². The first-order valence-corrected chi connectivity index (χ1v) is 13.9. The van der Waals surface area contributed by atoms with Crippen LogP contribution in [0.2, 0.25) is 0 Å². The monoisotopic (exact) mass is 514 g/mol.